The molecule has 2 N–H and O–H groups in total. The fourth-order valence-corrected chi connectivity index (χ4v) is 1.70. The number of ether oxygens (including phenoxy) is 1. The molecule has 0 aliphatic rings. The van der Waals surface area contributed by atoms with E-state index in [1.54, 1.807) is 0 Å². The fourth-order valence-electron chi connectivity index (χ4n) is 1.70. The highest BCUT2D eigenvalue weighted by molar-refractivity contribution is 5.10. The highest BCUT2D eigenvalue weighted by atomic mass is 16.5. The predicted octanol–water partition coefficient (Wildman–Crippen LogP) is 1.36. The van der Waals surface area contributed by atoms with E-state index in [2.05, 4.69) is 24.2 Å². The first kappa shape index (κ1) is 14.1. The van der Waals surface area contributed by atoms with Crippen LogP contribution < -0.4 is 5.73 Å². The first-order valence-electron chi connectivity index (χ1n) is 6.38. The lowest BCUT2D eigenvalue weighted by molar-refractivity contribution is 0.135. The maximum absolute atomic E-state index is 5.68. The summed E-state index contributed by atoms with van der Waals surface area (Å²) in [4.78, 5) is 0. The van der Waals surface area contributed by atoms with Gasteiger partial charge in [0.1, 0.15) is 0 Å². The molecule has 17 heavy (non-hydrogen) atoms. The number of rotatable bonds is 8. The van der Waals surface area contributed by atoms with Crippen LogP contribution >= 0.6 is 0 Å². The van der Waals surface area contributed by atoms with E-state index in [-0.39, 0.29) is 0 Å². The summed E-state index contributed by atoms with van der Waals surface area (Å²) >= 11 is 0. The van der Waals surface area contributed by atoms with Crippen molar-refractivity contribution in [2.24, 2.45) is 11.7 Å². The van der Waals surface area contributed by atoms with Gasteiger partial charge in [-0.25, -0.2) is 4.68 Å². The molecule has 98 valence electrons. The Kier molecular flexibility index (Phi) is 6.15. The van der Waals surface area contributed by atoms with Crippen LogP contribution in [0.25, 0.3) is 0 Å². The molecule has 0 aromatic carbocycles. The van der Waals surface area contributed by atoms with Crippen molar-refractivity contribution in [2.45, 2.75) is 46.7 Å². The van der Waals surface area contributed by atoms with Gasteiger partial charge >= 0.3 is 0 Å². The lowest BCUT2D eigenvalue weighted by Crippen LogP contribution is -2.12. The van der Waals surface area contributed by atoms with E-state index in [1.807, 2.05) is 11.6 Å². The monoisotopic (exact) mass is 240 g/mol. The molecule has 0 fully saturated rings. The highest BCUT2D eigenvalue weighted by Gasteiger charge is 2.11. The van der Waals surface area contributed by atoms with Gasteiger partial charge in [-0.15, -0.1) is 5.10 Å². The quantitative estimate of drug-likeness (QED) is 0.697. The molecule has 1 rings (SSSR count). The van der Waals surface area contributed by atoms with Gasteiger partial charge in [0.15, 0.2) is 0 Å². The van der Waals surface area contributed by atoms with Crippen molar-refractivity contribution in [2.75, 3.05) is 13.2 Å². The van der Waals surface area contributed by atoms with Crippen LogP contribution in [0.4, 0.5) is 0 Å². The van der Waals surface area contributed by atoms with E-state index in [1.165, 1.54) is 5.69 Å². The van der Waals surface area contributed by atoms with Crippen LogP contribution in [0.5, 0.6) is 0 Å². The lowest BCUT2D eigenvalue weighted by Gasteiger charge is -2.09. The summed E-state index contributed by atoms with van der Waals surface area (Å²) in [5.74, 6) is 0.677. The Morgan fingerprint density at radius 2 is 2.18 bits per heavy atom. The number of hydrogen-bond donors (Lipinski definition) is 1. The van der Waals surface area contributed by atoms with E-state index >= 15 is 0 Å². The predicted molar refractivity (Wildman–Crippen MR) is 67.6 cm³/mol. The van der Waals surface area contributed by atoms with Gasteiger partial charge in [-0.3, -0.25) is 0 Å². The average molecular weight is 240 g/mol. The summed E-state index contributed by atoms with van der Waals surface area (Å²) in [6.07, 6.45) is 2.12. The third kappa shape index (κ3) is 4.44. The molecular formula is C12H24N4O. The number of nitrogens with two attached hydrogens (primary N) is 1. The smallest absolute Gasteiger partial charge is 0.0994 e. The van der Waals surface area contributed by atoms with Gasteiger partial charge in [0.2, 0.25) is 0 Å². The van der Waals surface area contributed by atoms with Gasteiger partial charge in [-0.1, -0.05) is 19.1 Å². The SMILES string of the molecule is CCOCCn1nnc(CN)c1CCC(C)C. The van der Waals surface area contributed by atoms with Crippen LogP contribution in [0.1, 0.15) is 38.6 Å². The molecule has 0 unspecified atom stereocenters. The maximum Gasteiger partial charge on any atom is 0.0994 e. The molecule has 0 spiro atoms. The molecule has 0 radical (unpaired) electrons. The number of hydrogen-bond acceptors (Lipinski definition) is 4. The first-order chi connectivity index (χ1) is 8.19. The van der Waals surface area contributed by atoms with E-state index in [0.29, 0.717) is 19.1 Å². The third-order valence-electron chi connectivity index (χ3n) is 2.72. The van der Waals surface area contributed by atoms with Crippen LogP contribution in [0, 0.1) is 5.92 Å². The average Bonchev–Trinajstić information content (AvgIpc) is 2.69. The molecule has 0 aliphatic heterocycles. The second-order valence-electron chi connectivity index (χ2n) is 4.54. The maximum atomic E-state index is 5.68. The highest BCUT2D eigenvalue weighted by Crippen LogP contribution is 2.12. The van der Waals surface area contributed by atoms with Crippen LogP contribution in [0.2, 0.25) is 0 Å². The molecule has 5 heteroatoms. The minimum Gasteiger partial charge on any atom is -0.380 e. The molecule has 5 nitrogen and oxygen atoms in total. The summed E-state index contributed by atoms with van der Waals surface area (Å²) in [5, 5.41) is 8.27. The van der Waals surface area contributed by atoms with Gasteiger partial charge in [0.25, 0.3) is 0 Å². The van der Waals surface area contributed by atoms with Crippen molar-refractivity contribution >= 4 is 0 Å². The van der Waals surface area contributed by atoms with Crippen molar-refractivity contribution in [3.63, 3.8) is 0 Å². The Bertz CT molecular complexity index is 322. The van der Waals surface area contributed by atoms with Crippen molar-refractivity contribution in [1.29, 1.82) is 0 Å². The zero-order valence-electron chi connectivity index (χ0n) is 11.1. The number of nitrogens with zero attached hydrogens (tertiary/aromatic N) is 3. The molecule has 1 heterocycles. The Morgan fingerprint density at radius 3 is 2.76 bits per heavy atom. The zero-order valence-corrected chi connectivity index (χ0v) is 11.1. The largest absolute Gasteiger partial charge is 0.380 e. The van der Waals surface area contributed by atoms with E-state index in [9.17, 15) is 0 Å². The molecule has 1 aromatic heterocycles. The Hall–Kier alpha value is -0.940. The molecule has 0 aliphatic carbocycles. The Morgan fingerprint density at radius 1 is 1.41 bits per heavy atom. The first-order valence-corrected chi connectivity index (χ1v) is 6.38. The Balaban J connectivity index is 2.64. The van der Waals surface area contributed by atoms with Crippen molar-refractivity contribution in [3.8, 4) is 0 Å². The summed E-state index contributed by atoms with van der Waals surface area (Å²) < 4.78 is 7.27. The molecule has 0 atom stereocenters. The summed E-state index contributed by atoms with van der Waals surface area (Å²) in [5.41, 5.74) is 7.76. The van der Waals surface area contributed by atoms with Gasteiger partial charge in [-0.2, -0.15) is 0 Å². The van der Waals surface area contributed by atoms with Gasteiger partial charge in [0.05, 0.1) is 24.5 Å². The molecule has 0 saturated carbocycles. The van der Waals surface area contributed by atoms with Crippen molar-refractivity contribution < 1.29 is 4.74 Å². The molecule has 0 bridgehead atoms. The van der Waals surface area contributed by atoms with Gasteiger partial charge in [0, 0.05) is 13.2 Å². The Labute approximate surface area is 103 Å². The fraction of sp³-hybridized carbons (Fsp3) is 0.833. The van der Waals surface area contributed by atoms with Crippen LogP contribution in [0.3, 0.4) is 0 Å². The minimum absolute atomic E-state index is 0.460. The molecule has 0 saturated heterocycles. The minimum atomic E-state index is 0.460. The number of aromatic nitrogens is 3. The van der Waals surface area contributed by atoms with E-state index < -0.39 is 0 Å². The second kappa shape index (κ2) is 7.40. The molecule has 0 amide bonds. The lowest BCUT2D eigenvalue weighted by atomic mass is 10.1. The standard InChI is InChI=1S/C12H24N4O/c1-4-17-8-7-16-12(6-5-10(2)3)11(9-13)14-15-16/h10H,4-9,13H2,1-3H3. The van der Waals surface area contributed by atoms with E-state index in [0.717, 1.165) is 31.7 Å². The third-order valence-corrected chi connectivity index (χ3v) is 2.72. The second-order valence-corrected chi connectivity index (χ2v) is 4.54. The van der Waals surface area contributed by atoms with Crippen molar-refractivity contribution in [1.82, 2.24) is 15.0 Å². The van der Waals surface area contributed by atoms with Gasteiger partial charge < -0.3 is 10.5 Å². The van der Waals surface area contributed by atoms with E-state index in [4.69, 9.17) is 10.5 Å². The normalized spacial score (nSPS) is 11.4. The topological polar surface area (TPSA) is 66.0 Å². The molecule has 1 aromatic rings. The van der Waals surface area contributed by atoms with Crippen LogP contribution in [0.15, 0.2) is 0 Å². The van der Waals surface area contributed by atoms with Gasteiger partial charge in [-0.05, 0) is 25.7 Å². The van der Waals surface area contributed by atoms with Crippen molar-refractivity contribution in [3.05, 3.63) is 11.4 Å². The zero-order chi connectivity index (χ0) is 12.7. The van der Waals surface area contributed by atoms with Crippen LogP contribution in [-0.2, 0) is 24.2 Å². The summed E-state index contributed by atoms with van der Waals surface area (Å²) in [6, 6.07) is 0. The molecular weight excluding hydrogens is 216 g/mol. The summed E-state index contributed by atoms with van der Waals surface area (Å²) in [7, 11) is 0. The van der Waals surface area contributed by atoms with Crippen LogP contribution in [-0.4, -0.2) is 28.2 Å². The summed E-state index contributed by atoms with van der Waals surface area (Å²) in [6.45, 7) is 9.06.